The van der Waals surface area contributed by atoms with Crippen molar-refractivity contribution >= 4 is 42.4 Å². The quantitative estimate of drug-likeness (QED) is 0.429. The van der Waals surface area contributed by atoms with Crippen LogP contribution in [0.5, 0.6) is 5.75 Å². The van der Waals surface area contributed by atoms with E-state index in [1.54, 1.807) is 19.2 Å². The lowest BCUT2D eigenvalue weighted by Crippen LogP contribution is -2.31. The number of rotatable bonds is 6. The second-order valence-corrected chi connectivity index (χ2v) is 9.97. The van der Waals surface area contributed by atoms with Gasteiger partial charge in [0, 0.05) is 12.3 Å². The minimum Gasteiger partial charge on any atom is -0.497 e. The number of anilines is 1. The van der Waals surface area contributed by atoms with Crippen molar-refractivity contribution in [3.8, 4) is 5.75 Å². The number of benzene rings is 3. The topological polar surface area (TPSA) is 76.6 Å². The third-order valence-electron chi connectivity index (χ3n) is 4.76. The molecule has 0 aliphatic carbocycles. The van der Waals surface area contributed by atoms with E-state index in [2.05, 4.69) is 4.98 Å². The first-order valence-electron chi connectivity index (χ1n) is 9.46. The largest absolute Gasteiger partial charge is 0.497 e. The summed E-state index contributed by atoms with van der Waals surface area (Å²) in [4.78, 5) is 19.8. The van der Waals surface area contributed by atoms with E-state index in [0.29, 0.717) is 16.4 Å². The maximum Gasteiger partial charge on any atom is 0.261 e. The van der Waals surface area contributed by atoms with Gasteiger partial charge in [-0.15, -0.1) is 0 Å². The van der Waals surface area contributed by atoms with Crippen molar-refractivity contribution in [2.75, 3.05) is 18.3 Å². The number of ether oxygens (including phenoxy) is 1. The van der Waals surface area contributed by atoms with E-state index in [9.17, 15) is 13.2 Å². The highest BCUT2D eigenvalue weighted by Crippen LogP contribution is 2.33. The van der Waals surface area contributed by atoms with Gasteiger partial charge in [-0.2, -0.15) is 0 Å². The van der Waals surface area contributed by atoms with Crippen molar-refractivity contribution in [3.63, 3.8) is 0 Å². The zero-order chi connectivity index (χ0) is 22.0. The highest BCUT2D eigenvalue weighted by Gasteiger charge is 2.26. The van der Waals surface area contributed by atoms with Gasteiger partial charge in [0.1, 0.15) is 5.75 Å². The van der Waals surface area contributed by atoms with Crippen molar-refractivity contribution in [1.82, 2.24) is 4.98 Å². The normalized spacial score (nSPS) is 11.4. The average Bonchev–Trinajstić information content (AvgIpc) is 3.20. The number of methoxy groups -OCH3 is 1. The third-order valence-corrected chi connectivity index (χ3v) is 6.97. The number of amides is 1. The molecule has 0 fully saturated rings. The molecule has 0 unspecified atom stereocenters. The molecule has 1 heterocycles. The van der Waals surface area contributed by atoms with E-state index in [-0.39, 0.29) is 17.0 Å². The number of hydrogen-bond donors (Lipinski definition) is 0. The molecule has 1 aromatic heterocycles. The summed E-state index contributed by atoms with van der Waals surface area (Å²) in [6.45, 7) is 0.259. The van der Waals surface area contributed by atoms with E-state index < -0.39 is 15.7 Å². The van der Waals surface area contributed by atoms with Gasteiger partial charge in [0.05, 0.1) is 34.3 Å². The maximum atomic E-state index is 13.6. The SMILES string of the molecule is COc1ccc2sc(N(Cc3ccccc3)C(=O)c3ccccc3S(C)(=O)=O)nc2c1. The summed E-state index contributed by atoms with van der Waals surface area (Å²) in [7, 11) is -2.00. The predicted molar refractivity (Wildman–Crippen MR) is 123 cm³/mol. The van der Waals surface area contributed by atoms with Gasteiger partial charge in [0.15, 0.2) is 15.0 Å². The number of nitrogens with zero attached hydrogens (tertiary/aromatic N) is 2. The Morgan fingerprint density at radius 3 is 2.45 bits per heavy atom. The summed E-state index contributed by atoms with van der Waals surface area (Å²) in [6.07, 6.45) is 1.10. The van der Waals surface area contributed by atoms with Gasteiger partial charge in [-0.1, -0.05) is 53.8 Å². The lowest BCUT2D eigenvalue weighted by molar-refractivity contribution is 0.0982. The van der Waals surface area contributed by atoms with Crippen LogP contribution in [0.25, 0.3) is 10.2 Å². The first-order valence-corrected chi connectivity index (χ1v) is 12.2. The minimum absolute atomic E-state index is 0.000780. The van der Waals surface area contributed by atoms with Crippen LogP contribution < -0.4 is 9.64 Å². The van der Waals surface area contributed by atoms with E-state index in [1.165, 1.54) is 28.4 Å². The molecule has 31 heavy (non-hydrogen) atoms. The van der Waals surface area contributed by atoms with Crippen molar-refractivity contribution < 1.29 is 17.9 Å². The molecule has 8 heteroatoms. The molecule has 0 N–H and O–H groups in total. The highest BCUT2D eigenvalue weighted by atomic mass is 32.2. The molecule has 0 atom stereocenters. The Kier molecular flexibility index (Phi) is 5.75. The molecule has 0 radical (unpaired) electrons. The number of thiazole rings is 1. The van der Waals surface area contributed by atoms with Crippen LogP contribution in [0.3, 0.4) is 0 Å². The van der Waals surface area contributed by atoms with E-state index in [0.717, 1.165) is 16.5 Å². The first kappa shape index (κ1) is 21.0. The Hall–Kier alpha value is -3.23. The van der Waals surface area contributed by atoms with E-state index in [4.69, 9.17) is 4.74 Å². The predicted octanol–water partition coefficient (Wildman–Crippen LogP) is 4.56. The monoisotopic (exact) mass is 452 g/mol. The summed E-state index contributed by atoms with van der Waals surface area (Å²) >= 11 is 1.37. The number of aromatic nitrogens is 1. The third kappa shape index (κ3) is 4.45. The molecule has 0 aliphatic heterocycles. The summed E-state index contributed by atoms with van der Waals surface area (Å²) in [5.41, 5.74) is 1.74. The Labute approximate surface area is 184 Å². The van der Waals surface area contributed by atoms with Crippen LogP contribution in [0, 0.1) is 0 Å². The Morgan fingerprint density at radius 2 is 1.74 bits per heavy atom. The van der Waals surface area contributed by atoms with Crippen LogP contribution >= 0.6 is 11.3 Å². The highest BCUT2D eigenvalue weighted by molar-refractivity contribution is 7.90. The molecule has 0 aliphatic rings. The van der Waals surface area contributed by atoms with Crippen molar-refractivity contribution in [2.45, 2.75) is 11.4 Å². The summed E-state index contributed by atoms with van der Waals surface area (Å²) in [5, 5.41) is 0.486. The van der Waals surface area contributed by atoms with Crippen molar-refractivity contribution in [1.29, 1.82) is 0 Å². The Balaban J connectivity index is 1.83. The fourth-order valence-corrected chi connectivity index (χ4v) is 5.07. The number of hydrogen-bond acceptors (Lipinski definition) is 6. The molecule has 1 amide bonds. The van der Waals surface area contributed by atoms with Gasteiger partial charge in [-0.05, 0) is 29.8 Å². The molecular weight excluding hydrogens is 432 g/mol. The number of sulfone groups is 1. The maximum absolute atomic E-state index is 13.6. The van der Waals surface area contributed by atoms with Crippen LogP contribution in [-0.2, 0) is 16.4 Å². The second kappa shape index (κ2) is 8.49. The first-order chi connectivity index (χ1) is 14.9. The Morgan fingerprint density at radius 1 is 1.03 bits per heavy atom. The zero-order valence-electron chi connectivity index (χ0n) is 17.0. The molecule has 0 saturated heterocycles. The summed E-state index contributed by atoms with van der Waals surface area (Å²) in [5.74, 6) is 0.253. The van der Waals surface area contributed by atoms with Gasteiger partial charge in [0.2, 0.25) is 0 Å². The van der Waals surface area contributed by atoms with Gasteiger partial charge >= 0.3 is 0 Å². The molecule has 158 valence electrons. The fraction of sp³-hybridized carbons (Fsp3) is 0.130. The molecule has 3 aromatic carbocycles. The van der Waals surface area contributed by atoms with Crippen molar-refractivity contribution in [2.24, 2.45) is 0 Å². The molecule has 6 nitrogen and oxygen atoms in total. The van der Waals surface area contributed by atoms with Gasteiger partial charge in [0.25, 0.3) is 5.91 Å². The minimum atomic E-state index is -3.58. The van der Waals surface area contributed by atoms with E-state index >= 15 is 0 Å². The molecule has 0 spiro atoms. The second-order valence-electron chi connectivity index (χ2n) is 6.98. The smallest absolute Gasteiger partial charge is 0.261 e. The number of carbonyl (C=O) groups is 1. The van der Waals surface area contributed by atoms with Crippen LogP contribution in [-0.4, -0.2) is 32.7 Å². The number of carbonyl (C=O) groups excluding carboxylic acids is 1. The van der Waals surface area contributed by atoms with Gasteiger partial charge < -0.3 is 4.74 Å². The molecular formula is C23H20N2O4S2. The van der Waals surface area contributed by atoms with E-state index in [1.807, 2.05) is 48.5 Å². The molecule has 0 bridgehead atoms. The zero-order valence-corrected chi connectivity index (χ0v) is 18.6. The lowest BCUT2D eigenvalue weighted by Gasteiger charge is -2.21. The standard InChI is InChI=1S/C23H20N2O4S2/c1-29-17-12-13-20-19(14-17)24-23(30-20)25(15-16-8-4-3-5-9-16)22(26)18-10-6-7-11-21(18)31(2,27)28/h3-14H,15H2,1-2H3. The number of fused-ring (bicyclic) bond motifs is 1. The van der Waals surface area contributed by atoms with Gasteiger partial charge in [-0.3, -0.25) is 9.69 Å². The van der Waals surface area contributed by atoms with Gasteiger partial charge in [-0.25, -0.2) is 13.4 Å². The molecule has 4 aromatic rings. The Bertz CT molecular complexity index is 1350. The molecule has 4 rings (SSSR count). The van der Waals surface area contributed by atoms with Crippen LogP contribution in [0.1, 0.15) is 15.9 Å². The summed E-state index contributed by atoms with van der Waals surface area (Å²) < 4.78 is 30.8. The van der Waals surface area contributed by atoms with Crippen LogP contribution in [0.2, 0.25) is 0 Å². The van der Waals surface area contributed by atoms with Crippen LogP contribution in [0.15, 0.2) is 77.7 Å². The average molecular weight is 453 g/mol. The summed E-state index contributed by atoms with van der Waals surface area (Å²) in [6, 6.07) is 21.3. The molecule has 0 saturated carbocycles. The lowest BCUT2D eigenvalue weighted by atomic mass is 10.1. The van der Waals surface area contributed by atoms with Crippen molar-refractivity contribution in [3.05, 3.63) is 83.9 Å². The fourth-order valence-electron chi connectivity index (χ4n) is 3.24. The van der Waals surface area contributed by atoms with Crippen LogP contribution in [0.4, 0.5) is 5.13 Å².